The summed E-state index contributed by atoms with van der Waals surface area (Å²) in [6, 6.07) is 12.1. The summed E-state index contributed by atoms with van der Waals surface area (Å²) in [6.45, 7) is 6.43. The van der Waals surface area contributed by atoms with Gasteiger partial charge in [-0.25, -0.2) is 0 Å². The van der Waals surface area contributed by atoms with Crippen LogP contribution in [0.5, 0.6) is 0 Å². The van der Waals surface area contributed by atoms with Gasteiger partial charge in [-0.2, -0.15) is 0 Å². The molecule has 33 heavy (non-hydrogen) atoms. The highest BCUT2D eigenvalue weighted by molar-refractivity contribution is 7.99. The number of thioether (sulfide) groups is 1. The van der Waals surface area contributed by atoms with E-state index in [1.165, 1.54) is 17.8 Å². The van der Waals surface area contributed by atoms with Crippen molar-refractivity contribution < 1.29 is 9.59 Å². The topological polar surface area (TPSA) is 88.9 Å². The lowest BCUT2D eigenvalue weighted by Crippen LogP contribution is -2.28. The summed E-state index contributed by atoms with van der Waals surface area (Å²) in [5.74, 6) is 0.384. The Morgan fingerprint density at radius 3 is 2.55 bits per heavy atom. The predicted octanol–water partition coefficient (Wildman–Crippen LogP) is 5.39. The molecule has 0 unspecified atom stereocenters. The second-order valence-corrected chi connectivity index (χ2v) is 9.01. The molecule has 0 fully saturated rings. The molecule has 0 saturated carbocycles. The van der Waals surface area contributed by atoms with E-state index in [1.807, 2.05) is 49.6 Å². The van der Waals surface area contributed by atoms with Crippen LogP contribution < -0.4 is 10.6 Å². The summed E-state index contributed by atoms with van der Waals surface area (Å²) >= 11 is 13.2. The number of halogens is 2. The smallest absolute Gasteiger partial charge is 0.251 e. The zero-order valence-corrected chi connectivity index (χ0v) is 20.9. The molecule has 3 aromatic rings. The van der Waals surface area contributed by atoms with Crippen LogP contribution in [0.25, 0.3) is 0 Å². The van der Waals surface area contributed by atoms with Crippen LogP contribution in [0.3, 0.4) is 0 Å². The average Bonchev–Trinajstić information content (AvgIpc) is 3.23. The van der Waals surface area contributed by atoms with Crippen molar-refractivity contribution in [2.45, 2.75) is 44.9 Å². The molecule has 1 atom stereocenters. The van der Waals surface area contributed by atoms with Gasteiger partial charge in [0, 0.05) is 17.8 Å². The van der Waals surface area contributed by atoms with E-state index in [-0.39, 0.29) is 17.6 Å². The van der Waals surface area contributed by atoms with Crippen LogP contribution in [0, 0.1) is 0 Å². The summed E-state index contributed by atoms with van der Waals surface area (Å²) in [5.41, 5.74) is 2.31. The van der Waals surface area contributed by atoms with Gasteiger partial charge in [0.2, 0.25) is 5.91 Å². The molecule has 0 aliphatic heterocycles. The van der Waals surface area contributed by atoms with Gasteiger partial charge in [-0.15, -0.1) is 10.2 Å². The number of aromatic nitrogens is 3. The standard InChI is InChI=1S/C23H25Cl2N5O2S/c1-4-15-8-6-7-9-19(15)27-20(31)13-33-23-29-28-21(30(23)5-2)14(3)26-22(32)16-10-11-17(24)18(25)12-16/h6-12,14H,4-5,13H2,1-3H3,(H,26,32)(H,27,31)/t14-/m0/s1. The van der Waals surface area contributed by atoms with Crippen LogP contribution in [-0.2, 0) is 17.8 Å². The van der Waals surface area contributed by atoms with Gasteiger partial charge in [-0.05, 0) is 50.1 Å². The number of nitrogens with one attached hydrogen (secondary N) is 2. The number of nitrogens with zero attached hydrogens (tertiary/aromatic N) is 3. The highest BCUT2D eigenvalue weighted by Gasteiger charge is 2.20. The first-order valence-corrected chi connectivity index (χ1v) is 12.3. The van der Waals surface area contributed by atoms with E-state index in [9.17, 15) is 9.59 Å². The zero-order chi connectivity index (χ0) is 24.0. The maximum absolute atomic E-state index is 12.6. The predicted molar refractivity (Wildman–Crippen MR) is 133 cm³/mol. The summed E-state index contributed by atoms with van der Waals surface area (Å²) in [6.07, 6.45) is 0.836. The molecule has 2 aromatic carbocycles. The molecule has 1 aromatic heterocycles. The van der Waals surface area contributed by atoms with E-state index in [2.05, 4.69) is 20.8 Å². The van der Waals surface area contributed by atoms with Crippen LogP contribution in [0.4, 0.5) is 5.69 Å². The van der Waals surface area contributed by atoms with Gasteiger partial charge in [0.1, 0.15) is 0 Å². The molecule has 3 rings (SSSR count). The third-order valence-corrected chi connectivity index (χ3v) is 6.69. The lowest BCUT2D eigenvalue weighted by Gasteiger charge is -2.15. The van der Waals surface area contributed by atoms with Crippen molar-refractivity contribution in [3.63, 3.8) is 0 Å². The van der Waals surface area contributed by atoms with Gasteiger partial charge < -0.3 is 15.2 Å². The third-order valence-electron chi connectivity index (χ3n) is 4.98. The highest BCUT2D eigenvalue weighted by atomic mass is 35.5. The van der Waals surface area contributed by atoms with Crippen LogP contribution in [0.15, 0.2) is 47.6 Å². The monoisotopic (exact) mass is 505 g/mol. The molecule has 10 heteroatoms. The Bertz CT molecular complexity index is 1150. The maximum atomic E-state index is 12.6. The van der Waals surface area contributed by atoms with Crippen molar-refractivity contribution in [1.29, 1.82) is 0 Å². The molecule has 0 aliphatic carbocycles. The number of anilines is 1. The molecular weight excluding hydrogens is 481 g/mol. The fourth-order valence-corrected chi connectivity index (χ4v) is 4.38. The van der Waals surface area contributed by atoms with Crippen LogP contribution in [-0.4, -0.2) is 32.3 Å². The SMILES string of the molecule is CCc1ccccc1NC(=O)CSc1nnc([C@H](C)NC(=O)c2ccc(Cl)c(Cl)c2)n1CC. The largest absolute Gasteiger partial charge is 0.342 e. The number of aryl methyl sites for hydroxylation is 1. The first-order chi connectivity index (χ1) is 15.8. The van der Waals surface area contributed by atoms with Gasteiger partial charge in [-0.1, -0.05) is 60.1 Å². The molecule has 2 N–H and O–H groups in total. The summed E-state index contributed by atoms with van der Waals surface area (Å²) in [4.78, 5) is 25.1. The first kappa shape index (κ1) is 25.1. The molecule has 0 aliphatic rings. The normalized spacial score (nSPS) is 11.8. The number of hydrogen-bond donors (Lipinski definition) is 2. The fraction of sp³-hybridized carbons (Fsp3) is 0.304. The number of rotatable bonds is 9. The zero-order valence-electron chi connectivity index (χ0n) is 18.6. The molecule has 1 heterocycles. The third kappa shape index (κ3) is 6.28. The number of hydrogen-bond acceptors (Lipinski definition) is 5. The maximum Gasteiger partial charge on any atom is 0.251 e. The Morgan fingerprint density at radius 1 is 1.09 bits per heavy atom. The van der Waals surface area contributed by atoms with Gasteiger partial charge in [0.25, 0.3) is 5.91 Å². The van der Waals surface area contributed by atoms with Gasteiger partial charge in [0.05, 0.1) is 21.8 Å². The van der Waals surface area contributed by atoms with Crippen molar-refractivity contribution in [2.24, 2.45) is 0 Å². The Labute approximate surface area is 207 Å². The van der Waals surface area contributed by atoms with Crippen molar-refractivity contribution in [3.8, 4) is 0 Å². The Balaban J connectivity index is 1.64. The number of amides is 2. The van der Waals surface area contributed by atoms with Crippen molar-refractivity contribution >= 4 is 52.5 Å². The quantitative estimate of drug-likeness (QED) is 0.380. The Morgan fingerprint density at radius 2 is 1.85 bits per heavy atom. The second-order valence-electron chi connectivity index (χ2n) is 7.26. The van der Waals surface area contributed by atoms with Crippen LogP contribution >= 0.6 is 35.0 Å². The van der Waals surface area contributed by atoms with Crippen molar-refractivity contribution in [3.05, 3.63) is 69.5 Å². The molecule has 0 radical (unpaired) electrons. The Hall–Kier alpha value is -2.55. The van der Waals surface area contributed by atoms with E-state index in [0.29, 0.717) is 33.1 Å². The number of carbonyl (C=O) groups excluding carboxylic acids is 2. The molecule has 0 spiro atoms. The van der Waals surface area contributed by atoms with E-state index < -0.39 is 6.04 Å². The van der Waals surface area contributed by atoms with E-state index >= 15 is 0 Å². The summed E-state index contributed by atoms with van der Waals surface area (Å²) < 4.78 is 1.89. The van der Waals surface area contributed by atoms with Crippen LogP contribution in [0.1, 0.15) is 48.6 Å². The molecular formula is C23H25Cl2N5O2S. The number of carbonyl (C=O) groups is 2. The number of benzene rings is 2. The van der Waals surface area contributed by atoms with Gasteiger partial charge in [-0.3, -0.25) is 9.59 Å². The van der Waals surface area contributed by atoms with Gasteiger partial charge >= 0.3 is 0 Å². The average molecular weight is 506 g/mol. The lowest BCUT2D eigenvalue weighted by molar-refractivity contribution is -0.113. The van der Waals surface area contributed by atoms with Crippen LogP contribution in [0.2, 0.25) is 10.0 Å². The number of para-hydroxylation sites is 1. The lowest BCUT2D eigenvalue weighted by atomic mass is 10.1. The second kappa shape index (κ2) is 11.5. The fourth-order valence-electron chi connectivity index (χ4n) is 3.27. The van der Waals surface area contributed by atoms with E-state index in [1.54, 1.807) is 12.1 Å². The van der Waals surface area contributed by atoms with Crippen molar-refractivity contribution in [1.82, 2.24) is 20.1 Å². The minimum atomic E-state index is -0.404. The molecule has 174 valence electrons. The molecule has 2 amide bonds. The van der Waals surface area contributed by atoms with Crippen molar-refractivity contribution in [2.75, 3.05) is 11.1 Å². The minimum absolute atomic E-state index is 0.117. The molecule has 0 bridgehead atoms. The first-order valence-electron chi connectivity index (χ1n) is 10.5. The minimum Gasteiger partial charge on any atom is -0.342 e. The molecule has 0 saturated heterocycles. The summed E-state index contributed by atoms with van der Waals surface area (Å²) in [5, 5.41) is 15.7. The van der Waals surface area contributed by atoms with E-state index in [4.69, 9.17) is 23.2 Å². The summed E-state index contributed by atoms with van der Waals surface area (Å²) in [7, 11) is 0. The Kier molecular flexibility index (Phi) is 8.77. The molecule has 7 nitrogen and oxygen atoms in total. The highest BCUT2D eigenvalue weighted by Crippen LogP contribution is 2.24. The van der Waals surface area contributed by atoms with E-state index in [0.717, 1.165) is 17.7 Å². The van der Waals surface area contributed by atoms with Gasteiger partial charge in [0.15, 0.2) is 11.0 Å².